The molecule has 2 heterocycles. The summed E-state index contributed by atoms with van der Waals surface area (Å²) >= 11 is 1.63. The van der Waals surface area contributed by atoms with Crippen LogP contribution in [-0.4, -0.2) is 55.1 Å². The van der Waals surface area contributed by atoms with E-state index >= 15 is 0 Å². The second-order valence-corrected chi connectivity index (χ2v) is 7.21. The van der Waals surface area contributed by atoms with Gasteiger partial charge in [0.2, 0.25) is 5.91 Å². The fraction of sp³-hybridized carbons (Fsp3) is 0.421. The molecule has 3 rings (SSSR count). The molecule has 25 heavy (non-hydrogen) atoms. The first kappa shape index (κ1) is 18.0. The van der Waals surface area contributed by atoms with E-state index in [1.807, 2.05) is 30.0 Å². The number of benzene rings is 1. The molecule has 1 aromatic heterocycles. The van der Waals surface area contributed by atoms with Crippen LogP contribution in [0.5, 0.6) is 0 Å². The van der Waals surface area contributed by atoms with Crippen molar-refractivity contribution in [2.24, 2.45) is 0 Å². The van der Waals surface area contributed by atoms with Crippen LogP contribution in [0.15, 0.2) is 36.4 Å². The minimum Gasteiger partial charge on any atom is -0.372 e. The highest BCUT2D eigenvalue weighted by Gasteiger charge is 2.21. The third-order valence-corrected chi connectivity index (χ3v) is 5.44. The van der Waals surface area contributed by atoms with E-state index in [1.165, 1.54) is 10.9 Å². The standard InChI is InChI=1S/C19H23FN2O2S/c1-2-24-14-19(23)22-11-9-21(10-12-22)13-15-7-8-18(25-15)16-5-3-4-6-17(16)20/h3-8H,2,9-14H2,1H3. The van der Waals surface area contributed by atoms with Crippen LogP contribution in [-0.2, 0) is 16.1 Å². The van der Waals surface area contributed by atoms with Gasteiger partial charge in [0.25, 0.3) is 0 Å². The first-order valence-electron chi connectivity index (χ1n) is 8.59. The first-order chi connectivity index (χ1) is 12.2. The number of hydrogen-bond acceptors (Lipinski definition) is 4. The van der Waals surface area contributed by atoms with E-state index in [0.717, 1.165) is 37.6 Å². The van der Waals surface area contributed by atoms with E-state index in [2.05, 4.69) is 11.0 Å². The van der Waals surface area contributed by atoms with Gasteiger partial charge < -0.3 is 9.64 Å². The van der Waals surface area contributed by atoms with Gasteiger partial charge >= 0.3 is 0 Å². The lowest BCUT2D eigenvalue weighted by atomic mass is 10.2. The number of hydrogen-bond donors (Lipinski definition) is 0. The Hall–Kier alpha value is -1.76. The Kier molecular flexibility index (Phi) is 6.18. The molecular formula is C19H23FN2O2S. The number of piperazine rings is 1. The van der Waals surface area contributed by atoms with Gasteiger partial charge in [-0.2, -0.15) is 0 Å². The summed E-state index contributed by atoms with van der Waals surface area (Å²) in [4.78, 5) is 18.3. The maximum Gasteiger partial charge on any atom is 0.248 e. The van der Waals surface area contributed by atoms with E-state index in [0.29, 0.717) is 12.2 Å². The normalized spacial score (nSPS) is 15.5. The highest BCUT2D eigenvalue weighted by atomic mass is 32.1. The molecule has 1 amide bonds. The van der Waals surface area contributed by atoms with Crippen LogP contribution in [0.25, 0.3) is 10.4 Å². The van der Waals surface area contributed by atoms with Crippen molar-refractivity contribution in [1.82, 2.24) is 9.80 Å². The topological polar surface area (TPSA) is 32.8 Å². The van der Waals surface area contributed by atoms with Gasteiger partial charge in [-0.3, -0.25) is 9.69 Å². The molecule has 1 aliphatic rings. The predicted molar refractivity (Wildman–Crippen MR) is 98.1 cm³/mol. The highest BCUT2D eigenvalue weighted by molar-refractivity contribution is 7.15. The minimum atomic E-state index is -0.183. The Labute approximate surface area is 151 Å². The Bertz CT molecular complexity index is 711. The SMILES string of the molecule is CCOCC(=O)N1CCN(Cc2ccc(-c3ccccc3F)s2)CC1. The van der Waals surface area contributed by atoms with Crippen LogP contribution >= 0.6 is 11.3 Å². The Morgan fingerprint density at radius 2 is 1.92 bits per heavy atom. The summed E-state index contributed by atoms with van der Waals surface area (Å²) in [6.45, 7) is 6.64. The number of ether oxygens (including phenoxy) is 1. The van der Waals surface area contributed by atoms with Crippen molar-refractivity contribution in [1.29, 1.82) is 0 Å². The fourth-order valence-corrected chi connectivity index (χ4v) is 4.00. The van der Waals surface area contributed by atoms with Crippen LogP contribution in [0.2, 0.25) is 0 Å². The molecule has 0 aliphatic carbocycles. The van der Waals surface area contributed by atoms with E-state index < -0.39 is 0 Å². The maximum atomic E-state index is 13.9. The summed E-state index contributed by atoms with van der Waals surface area (Å²) in [6.07, 6.45) is 0. The number of carbonyl (C=O) groups is 1. The molecule has 0 unspecified atom stereocenters. The van der Waals surface area contributed by atoms with Crippen molar-refractivity contribution >= 4 is 17.2 Å². The van der Waals surface area contributed by atoms with Gasteiger partial charge in [-0.15, -0.1) is 11.3 Å². The van der Waals surface area contributed by atoms with Gasteiger partial charge in [-0.25, -0.2) is 4.39 Å². The molecule has 1 aromatic carbocycles. The van der Waals surface area contributed by atoms with E-state index in [-0.39, 0.29) is 18.3 Å². The summed E-state index contributed by atoms with van der Waals surface area (Å²) in [5.74, 6) is -0.114. The van der Waals surface area contributed by atoms with Crippen molar-refractivity contribution in [2.45, 2.75) is 13.5 Å². The lowest BCUT2D eigenvalue weighted by molar-refractivity contribution is -0.137. The number of amides is 1. The van der Waals surface area contributed by atoms with Gasteiger partial charge in [0.15, 0.2) is 0 Å². The molecule has 0 spiro atoms. The van der Waals surface area contributed by atoms with Crippen molar-refractivity contribution in [2.75, 3.05) is 39.4 Å². The monoisotopic (exact) mass is 362 g/mol. The molecule has 0 radical (unpaired) electrons. The number of rotatable bonds is 6. The summed E-state index contributed by atoms with van der Waals surface area (Å²) in [7, 11) is 0. The first-order valence-corrected chi connectivity index (χ1v) is 9.40. The molecule has 134 valence electrons. The summed E-state index contributed by atoms with van der Waals surface area (Å²) in [6, 6.07) is 10.9. The van der Waals surface area contributed by atoms with E-state index in [4.69, 9.17) is 4.74 Å². The number of nitrogens with zero attached hydrogens (tertiary/aromatic N) is 2. The lowest BCUT2D eigenvalue weighted by Crippen LogP contribution is -2.49. The zero-order valence-corrected chi connectivity index (χ0v) is 15.2. The van der Waals surface area contributed by atoms with Crippen molar-refractivity contribution in [3.05, 3.63) is 47.1 Å². The van der Waals surface area contributed by atoms with E-state index in [9.17, 15) is 9.18 Å². The molecule has 0 N–H and O–H groups in total. The van der Waals surface area contributed by atoms with Crippen LogP contribution < -0.4 is 0 Å². The van der Waals surface area contributed by atoms with Gasteiger partial charge in [-0.1, -0.05) is 18.2 Å². The molecule has 6 heteroatoms. The van der Waals surface area contributed by atoms with E-state index in [1.54, 1.807) is 17.4 Å². The van der Waals surface area contributed by atoms with Gasteiger partial charge in [0, 0.05) is 54.6 Å². The van der Waals surface area contributed by atoms with Gasteiger partial charge in [-0.05, 0) is 25.1 Å². The fourth-order valence-electron chi connectivity index (χ4n) is 2.93. The largest absolute Gasteiger partial charge is 0.372 e. The predicted octanol–water partition coefficient (Wildman–Crippen LogP) is 3.23. The van der Waals surface area contributed by atoms with Crippen LogP contribution in [0.1, 0.15) is 11.8 Å². The molecule has 1 fully saturated rings. The molecule has 0 saturated carbocycles. The minimum absolute atomic E-state index is 0.0689. The highest BCUT2D eigenvalue weighted by Crippen LogP contribution is 2.30. The molecule has 0 bridgehead atoms. The van der Waals surface area contributed by atoms with Crippen molar-refractivity contribution in [3.8, 4) is 10.4 Å². The number of carbonyl (C=O) groups excluding carboxylic acids is 1. The maximum absolute atomic E-state index is 13.9. The molecule has 0 atom stereocenters. The average Bonchev–Trinajstić information content (AvgIpc) is 3.09. The second kappa shape index (κ2) is 8.56. The number of halogens is 1. The smallest absolute Gasteiger partial charge is 0.248 e. The Morgan fingerprint density at radius 1 is 1.16 bits per heavy atom. The lowest BCUT2D eigenvalue weighted by Gasteiger charge is -2.34. The van der Waals surface area contributed by atoms with Gasteiger partial charge in [0.1, 0.15) is 12.4 Å². The third-order valence-electron chi connectivity index (χ3n) is 4.34. The zero-order valence-electron chi connectivity index (χ0n) is 14.4. The van der Waals surface area contributed by atoms with Crippen LogP contribution in [0, 0.1) is 5.82 Å². The summed E-state index contributed by atoms with van der Waals surface area (Å²) in [5, 5.41) is 0. The molecule has 2 aromatic rings. The molecule has 1 saturated heterocycles. The third kappa shape index (κ3) is 4.66. The zero-order chi connectivity index (χ0) is 17.6. The van der Waals surface area contributed by atoms with Gasteiger partial charge in [0.05, 0.1) is 0 Å². The molecule has 4 nitrogen and oxygen atoms in total. The quantitative estimate of drug-likeness (QED) is 0.791. The second-order valence-electron chi connectivity index (χ2n) is 6.04. The Balaban J connectivity index is 1.53. The molecule has 1 aliphatic heterocycles. The summed E-state index contributed by atoms with van der Waals surface area (Å²) in [5.41, 5.74) is 0.657. The number of thiophene rings is 1. The van der Waals surface area contributed by atoms with Crippen LogP contribution in [0.4, 0.5) is 4.39 Å². The Morgan fingerprint density at radius 3 is 2.64 bits per heavy atom. The van der Waals surface area contributed by atoms with Crippen LogP contribution in [0.3, 0.4) is 0 Å². The average molecular weight is 362 g/mol. The van der Waals surface area contributed by atoms with Crippen molar-refractivity contribution < 1.29 is 13.9 Å². The summed E-state index contributed by atoms with van der Waals surface area (Å²) < 4.78 is 19.1. The molecular weight excluding hydrogens is 339 g/mol. The van der Waals surface area contributed by atoms with Crippen molar-refractivity contribution in [3.63, 3.8) is 0 Å².